The number of hydrogen-bond acceptors (Lipinski definition) is 4. The fourth-order valence-electron chi connectivity index (χ4n) is 3.79. The molecule has 0 bridgehead atoms. The molecule has 138 valence electrons. The Labute approximate surface area is 158 Å². The van der Waals surface area contributed by atoms with Crippen molar-refractivity contribution in [1.29, 1.82) is 0 Å². The molecule has 0 atom stereocenters. The SMILES string of the molecule is Cc1nc(C2(NC(=O)c3ccc(-c4ccccc4)cc3)CCCCC2)no1. The molecule has 5 nitrogen and oxygen atoms in total. The van der Waals surface area contributed by atoms with Crippen molar-refractivity contribution in [3.8, 4) is 11.1 Å². The van der Waals surface area contributed by atoms with Crippen molar-refractivity contribution >= 4 is 5.91 Å². The van der Waals surface area contributed by atoms with E-state index in [1.165, 1.54) is 6.42 Å². The lowest BCUT2D eigenvalue weighted by Gasteiger charge is -2.35. The van der Waals surface area contributed by atoms with Crippen LogP contribution in [0.15, 0.2) is 59.1 Å². The molecule has 0 unspecified atom stereocenters. The first-order valence-corrected chi connectivity index (χ1v) is 9.45. The van der Waals surface area contributed by atoms with E-state index < -0.39 is 5.54 Å². The second kappa shape index (κ2) is 7.35. The average Bonchev–Trinajstić information content (AvgIpc) is 3.17. The number of nitrogens with one attached hydrogen (secondary N) is 1. The van der Waals surface area contributed by atoms with Crippen molar-refractivity contribution in [3.05, 3.63) is 71.9 Å². The zero-order valence-corrected chi connectivity index (χ0v) is 15.4. The number of aromatic nitrogens is 2. The number of nitrogens with zero attached hydrogens (tertiary/aromatic N) is 2. The minimum atomic E-state index is -0.537. The van der Waals surface area contributed by atoms with Crippen molar-refractivity contribution in [2.24, 2.45) is 0 Å². The average molecular weight is 361 g/mol. The van der Waals surface area contributed by atoms with Gasteiger partial charge in [-0.3, -0.25) is 4.79 Å². The van der Waals surface area contributed by atoms with Gasteiger partial charge in [0.2, 0.25) is 5.89 Å². The quantitative estimate of drug-likeness (QED) is 0.735. The summed E-state index contributed by atoms with van der Waals surface area (Å²) in [7, 11) is 0. The summed E-state index contributed by atoms with van der Waals surface area (Å²) in [5.74, 6) is 1.02. The molecular weight excluding hydrogens is 338 g/mol. The molecule has 3 aromatic rings. The fraction of sp³-hybridized carbons (Fsp3) is 0.318. The highest BCUT2D eigenvalue weighted by Crippen LogP contribution is 2.36. The van der Waals surface area contributed by atoms with Crippen molar-refractivity contribution in [2.75, 3.05) is 0 Å². The molecule has 1 aliphatic rings. The van der Waals surface area contributed by atoms with Crippen molar-refractivity contribution in [2.45, 2.75) is 44.6 Å². The summed E-state index contributed by atoms with van der Waals surface area (Å²) in [5.41, 5.74) is 2.33. The van der Waals surface area contributed by atoms with Gasteiger partial charge < -0.3 is 9.84 Å². The molecule has 0 aliphatic heterocycles. The molecule has 1 aliphatic carbocycles. The standard InChI is InChI=1S/C22H23N3O2/c1-16-23-21(25-27-16)22(14-6-3-7-15-22)24-20(26)19-12-10-18(11-13-19)17-8-4-2-5-9-17/h2,4-5,8-13H,3,6-7,14-15H2,1H3,(H,24,26). The van der Waals surface area contributed by atoms with E-state index in [0.717, 1.165) is 36.8 Å². The minimum absolute atomic E-state index is 0.0982. The van der Waals surface area contributed by atoms with Gasteiger partial charge in [-0.1, -0.05) is 66.9 Å². The Kier molecular flexibility index (Phi) is 4.75. The van der Waals surface area contributed by atoms with Crippen LogP contribution in [0, 0.1) is 6.92 Å². The largest absolute Gasteiger partial charge is 0.340 e. The Balaban J connectivity index is 1.56. The monoisotopic (exact) mass is 361 g/mol. The molecule has 2 aromatic carbocycles. The predicted octanol–water partition coefficient (Wildman–Crippen LogP) is 4.63. The Bertz CT molecular complexity index is 910. The fourth-order valence-corrected chi connectivity index (χ4v) is 3.79. The molecule has 1 saturated carbocycles. The van der Waals surface area contributed by atoms with Gasteiger partial charge in [-0.2, -0.15) is 4.98 Å². The highest BCUT2D eigenvalue weighted by Gasteiger charge is 2.39. The van der Waals surface area contributed by atoms with Gasteiger partial charge in [0.1, 0.15) is 5.54 Å². The maximum Gasteiger partial charge on any atom is 0.252 e. The molecule has 27 heavy (non-hydrogen) atoms. The van der Waals surface area contributed by atoms with Gasteiger partial charge in [0.25, 0.3) is 5.91 Å². The van der Waals surface area contributed by atoms with Crippen LogP contribution < -0.4 is 5.32 Å². The Hall–Kier alpha value is -2.95. The number of carbonyl (C=O) groups is 1. The second-order valence-corrected chi connectivity index (χ2v) is 7.18. The van der Waals surface area contributed by atoms with Crippen LogP contribution in [0.4, 0.5) is 0 Å². The number of benzene rings is 2. The Morgan fingerprint density at radius 3 is 2.26 bits per heavy atom. The molecule has 1 amide bonds. The van der Waals surface area contributed by atoms with Crippen LogP contribution in [0.2, 0.25) is 0 Å². The van der Waals surface area contributed by atoms with Gasteiger partial charge in [0.15, 0.2) is 5.82 Å². The molecule has 1 aromatic heterocycles. The first-order valence-electron chi connectivity index (χ1n) is 9.45. The smallest absolute Gasteiger partial charge is 0.252 e. The summed E-state index contributed by atoms with van der Waals surface area (Å²) < 4.78 is 5.18. The lowest BCUT2D eigenvalue weighted by Crippen LogP contribution is -2.48. The molecule has 1 fully saturated rings. The highest BCUT2D eigenvalue weighted by atomic mass is 16.5. The number of aryl methyl sites for hydroxylation is 1. The lowest BCUT2D eigenvalue weighted by atomic mass is 9.80. The molecule has 0 saturated heterocycles. The summed E-state index contributed by atoms with van der Waals surface area (Å²) in [4.78, 5) is 17.4. The van der Waals surface area contributed by atoms with Gasteiger partial charge in [0.05, 0.1) is 0 Å². The van der Waals surface area contributed by atoms with Crippen LogP contribution >= 0.6 is 0 Å². The maximum atomic E-state index is 12.9. The summed E-state index contributed by atoms with van der Waals surface area (Å²) >= 11 is 0. The van der Waals surface area contributed by atoms with Crippen molar-refractivity contribution in [1.82, 2.24) is 15.5 Å². The van der Waals surface area contributed by atoms with Crippen molar-refractivity contribution in [3.63, 3.8) is 0 Å². The van der Waals surface area contributed by atoms with Crippen LogP contribution in [0.5, 0.6) is 0 Å². The van der Waals surface area contributed by atoms with Gasteiger partial charge in [-0.25, -0.2) is 0 Å². The second-order valence-electron chi connectivity index (χ2n) is 7.18. The van der Waals surface area contributed by atoms with Gasteiger partial charge in [0, 0.05) is 12.5 Å². The zero-order valence-electron chi connectivity index (χ0n) is 15.4. The molecule has 1 heterocycles. The highest BCUT2D eigenvalue weighted by molar-refractivity contribution is 5.95. The normalized spacial score (nSPS) is 16.0. The molecule has 5 heteroatoms. The van der Waals surface area contributed by atoms with Crippen LogP contribution in [-0.2, 0) is 5.54 Å². The van der Waals surface area contributed by atoms with E-state index in [-0.39, 0.29) is 5.91 Å². The Morgan fingerprint density at radius 1 is 0.963 bits per heavy atom. The van der Waals surface area contributed by atoms with E-state index in [1.54, 1.807) is 6.92 Å². The van der Waals surface area contributed by atoms with Crippen molar-refractivity contribution < 1.29 is 9.32 Å². The van der Waals surface area contributed by atoms with E-state index in [2.05, 4.69) is 27.6 Å². The third-order valence-electron chi connectivity index (χ3n) is 5.27. The number of amides is 1. The molecule has 4 rings (SSSR count). The van der Waals surface area contributed by atoms with Crippen LogP contribution in [0.1, 0.15) is 54.2 Å². The zero-order chi connectivity index (χ0) is 18.7. The summed E-state index contributed by atoms with van der Waals surface area (Å²) in [6.07, 6.45) is 4.92. The predicted molar refractivity (Wildman–Crippen MR) is 103 cm³/mol. The molecule has 0 radical (unpaired) electrons. The van der Waals surface area contributed by atoms with Crippen LogP contribution in [0.3, 0.4) is 0 Å². The summed E-state index contributed by atoms with van der Waals surface area (Å²) in [6.45, 7) is 1.77. The van der Waals surface area contributed by atoms with E-state index in [4.69, 9.17) is 4.52 Å². The van der Waals surface area contributed by atoms with Gasteiger partial charge >= 0.3 is 0 Å². The minimum Gasteiger partial charge on any atom is -0.340 e. The maximum absolute atomic E-state index is 12.9. The van der Waals surface area contributed by atoms with E-state index in [0.29, 0.717) is 17.3 Å². The summed E-state index contributed by atoms with van der Waals surface area (Å²) in [6, 6.07) is 17.8. The van der Waals surface area contributed by atoms with Gasteiger partial charge in [-0.05, 0) is 36.1 Å². The van der Waals surface area contributed by atoms with Crippen LogP contribution in [0.25, 0.3) is 11.1 Å². The van der Waals surface area contributed by atoms with Crippen LogP contribution in [-0.4, -0.2) is 16.0 Å². The van der Waals surface area contributed by atoms with E-state index in [1.807, 2.05) is 42.5 Å². The van der Waals surface area contributed by atoms with E-state index >= 15 is 0 Å². The number of carbonyl (C=O) groups excluding carboxylic acids is 1. The first-order chi connectivity index (χ1) is 13.2. The third-order valence-corrected chi connectivity index (χ3v) is 5.27. The molecular formula is C22H23N3O2. The number of hydrogen-bond donors (Lipinski definition) is 1. The number of rotatable bonds is 4. The topological polar surface area (TPSA) is 68.0 Å². The lowest BCUT2D eigenvalue weighted by molar-refractivity contribution is 0.0855. The first kappa shape index (κ1) is 17.5. The molecule has 1 N–H and O–H groups in total. The van der Waals surface area contributed by atoms with Gasteiger partial charge in [-0.15, -0.1) is 0 Å². The Morgan fingerprint density at radius 2 is 1.63 bits per heavy atom. The van der Waals surface area contributed by atoms with E-state index in [9.17, 15) is 4.79 Å². The third kappa shape index (κ3) is 3.63. The molecule has 0 spiro atoms. The summed E-state index contributed by atoms with van der Waals surface area (Å²) in [5, 5.41) is 7.32.